The van der Waals surface area contributed by atoms with Gasteiger partial charge in [-0.15, -0.1) is 11.3 Å². The number of rotatable bonds is 6. The van der Waals surface area contributed by atoms with Crippen molar-refractivity contribution in [3.63, 3.8) is 0 Å². The summed E-state index contributed by atoms with van der Waals surface area (Å²) in [6.07, 6.45) is 0.176. The lowest BCUT2D eigenvalue weighted by atomic mass is 10.1. The summed E-state index contributed by atoms with van der Waals surface area (Å²) < 4.78 is 10.2. The van der Waals surface area contributed by atoms with Crippen LogP contribution in [-0.4, -0.2) is 28.6 Å². The average molecular weight is 373 g/mol. The maximum Gasteiger partial charge on any atom is 0.311 e. The Kier molecular flexibility index (Phi) is 5.32. The first kappa shape index (κ1) is 18.1. The molecule has 1 N–H and O–H groups in total. The van der Waals surface area contributed by atoms with Gasteiger partial charge in [-0.3, -0.25) is 9.59 Å². The maximum atomic E-state index is 12.3. The third-order valence-corrected chi connectivity index (χ3v) is 4.72. The van der Waals surface area contributed by atoms with Crippen LogP contribution >= 0.6 is 11.3 Å². The van der Waals surface area contributed by atoms with Gasteiger partial charge in [0.15, 0.2) is 10.7 Å². The van der Waals surface area contributed by atoms with Gasteiger partial charge in [-0.1, -0.05) is 5.16 Å². The molecule has 0 saturated carbocycles. The van der Waals surface area contributed by atoms with Crippen molar-refractivity contribution in [2.24, 2.45) is 0 Å². The molecule has 7 nitrogen and oxygen atoms in total. The molecule has 2 heterocycles. The van der Waals surface area contributed by atoms with Crippen LogP contribution in [0.2, 0.25) is 0 Å². The molecule has 136 valence electrons. The van der Waals surface area contributed by atoms with Crippen LogP contribution in [-0.2, 0) is 27.2 Å². The van der Waals surface area contributed by atoms with Gasteiger partial charge in [-0.05, 0) is 44.0 Å². The summed E-state index contributed by atoms with van der Waals surface area (Å²) in [6.45, 7) is 6.09. The summed E-state index contributed by atoms with van der Waals surface area (Å²) in [5, 5.41) is 9.75. The molecule has 3 aromatic rings. The standard InChI is InChI=1S/C18H19N3O4S/c1-4-24-17(23)7-12-9-26-18(19-12)20-16(22)8-14-13-5-10(2)11(3)6-15(13)25-21-14/h5-6,9H,4,7-8H2,1-3H3,(H,19,20,22). The van der Waals surface area contributed by atoms with Gasteiger partial charge in [0.1, 0.15) is 5.69 Å². The lowest BCUT2D eigenvalue weighted by Gasteiger charge is -2.01. The molecule has 0 aliphatic heterocycles. The highest BCUT2D eigenvalue weighted by Gasteiger charge is 2.15. The molecule has 1 aromatic carbocycles. The first-order valence-corrected chi connectivity index (χ1v) is 9.09. The highest BCUT2D eigenvalue weighted by atomic mass is 32.1. The van der Waals surface area contributed by atoms with E-state index in [0.717, 1.165) is 16.5 Å². The summed E-state index contributed by atoms with van der Waals surface area (Å²) in [6, 6.07) is 3.90. The topological polar surface area (TPSA) is 94.3 Å². The smallest absolute Gasteiger partial charge is 0.311 e. The van der Waals surface area contributed by atoms with E-state index in [-0.39, 0.29) is 24.7 Å². The summed E-state index contributed by atoms with van der Waals surface area (Å²) >= 11 is 1.26. The zero-order chi connectivity index (χ0) is 18.7. The van der Waals surface area contributed by atoms with E-state index in [9.17, 15) is 9.59 Å². The Morgan fingerprint density at radius 2 is 2.00 bits per heavy atom. The number of esters is 1. The first-order chi connectivity index (χ1) is 12.5. The number of anilines is 1. The molecular weight excluding hydrogens is 354 g/mol. The van der Waals surface area contributed by atoms with E-state index in [0.29, 0.717) is 28.7 Å². The Labute approximate surface area is 154 Å². The average Bonchev–Trinajstić information content (AvgIpc) is 3.16. The fraction of sp³-hybridized carbons (Fsp3) is 0.333. The number of fused-ring (bicyclic) bond motifs is 1. The maximum absolute atomic E-state index is 12.3. The fourth-order valence-corrected chi connectivity index (χ4v) is 3.22. The molecular formula is C18H19N3O4S. The number of hydrogen-bond acceptors (Lipinski definition) is 7. The minimum atomic E-state index is -0.338. The molecule has 26 heavy (non-hydrogen) atoms. The minimum Gasteiger partial charge on any atom is -0.466 e. The number of amides is 1. The van der Waals surface area contributed by atoms with Crippen LogP contribution in [0.5, 0.6) is 0 Å². The van der Waals surface area contributed by atoms with Crippen LogP contribution in [0.25, 0.3) is 11.0 Å². The largest absolute Gasteiger partial charge is 0.466 e. The first-order valence-electron chi connectivity index (χ1n) is 8.21. The van der Waals surface area contributed by atoms with Crippen molar-refractivity contribution in [1.29, 1.82) is 0 Å². The quantitative estimate of drug-likeness (QED) is 0.667. The van der Waals surface area contributed by atoms with E-state index in [2.05, 4.69) is 15.5 Å². The highest BCUT2D eigenvalue weighted by molar-refractivity contribution is 7.13. The molecule has 1 amide bonds. The van der Waals surface area contributed by atoms with Gasteiger partial charge < -0.3 is 14.6 Å². The van der Waals surface area contributed by atoms with E-state index < -0.39 is 0 Å². The van der Waals surface area contributed by atoms with E-state index >= 15 is 0 Å². The summed E-state index contributed by atoms with van der Waals surface area (Å²) in [7, 11) is 0. The number of thiazole rings is 1. The van der Waals surface area contributed by atoms with Crippen molar-refractivity contribution in [2.45, 2.75) is 33.6 Å². The SMILES string of the molecule is CCOC(=O)Cc1csc(NC(=O)Cc2noc3cc(C)c(C)cc23)n1. The molecule has 0 saturated heterocycles. The number of aryl methyl sites for hydroxylation is 2. The number of aromatic nitrogens is 2. The van der Waals surface area contributed by atoms with Crippen LogP contribution in [0.3, 0.4) is 0 Å². The summed E-state index contributed by atoms with van der Waals surface area (Å²) in [5.41, 5.74) is 4.06. The Hall–Kier alpha value is -2.74. The molecule has 0 aliphatic carbocycles. The second-order valence-electron chi connectivity index (χ2n) is 5.91. The van der Waals surface area contributed by atoms with Gasteiger partial charge in [0.2, 0.25) is 5.91 Å². The van der Waals surface area contributed by atoms with Gasteiger partial charge in [0.05, 0.1) is 25.1 Å². The number of ether oxygens (including phenoxy) is 1. The molecule has 0 fully saturated rings. The molecule has 0 bridgehead atoms. The highest BCUT2D eigenvalue weighted by Crippen LogP contribution is 2.23. The van der Waals surface area contributed by atoms with Crippen molar-refractivity contribution in [2.75, 3.05) is 11.9 Å². The van der Waals surface area contributed by atoms with Crippen molar-refractivity contribution < 1.29 is 18.8 Å². The van der Waals surface area contributed by atoms with Crippen LogP contribution < -0.4 is 5.32 Å². The lowest BCUT2D eigenvalue weighted by Crippen LogP contribution is -2.15. The second kappa shape index (κ2) is 7.65. The van der Waals surface area contributed by atoms with E-state index in [1.165, 1.54) is 11.3 Å². The summed E-state index contributed by atoms with van der Waals surface area (Å²) in [5.74, 6) is -0.578. The molecule has 8 heteroatoms. The third-order valence-electron chi connectivity index (χ3n) is 3.92. The van der Waals surface area contributed by atoms with Crippen LogP contribution in [0.4, 0.5) is 5.13 Å². The fourth-order valence-electron chi connectivity index (χ4n) is 2.49. The van der Waals surface area contributed by atoms with Gasteiger partial charge in [-0.25, -0.2) is 4.98 Å². The monoisotopic (exact) mass is 373 g/mol. The van der Waals surface area contributed by atoms with Crippen LogP contribution in [0.15, 0.2) is 22.0 Å². The third kappa shape index (κ3) is 4.08. The van der Waals surface area contributed by atoms with E-state index in [1.54, 1.807) is 12.3 Å². The van der Waals surface area contributed by atoms with Crippen LogP contribution in [0, 0.1) is 13.8 Å². The zero-order valence-electron chi connectivity index (χ0n) is 14.8. The molecule has 0 radical (unpaired) electrons. The van der Waals surface area contributed by atoms with Gasteiger partial charge in [0.25, 0.3) is 0 Å². The normalized spacial score (nSPS) is 10.9. The Bertz CT molecular complexity index is 961. The number of carbonyl (C=O) groups excluding carboxylic acids is 2. The molecule has 0 aliphatic rings. The predicted octanol–water partition coefficient (Wildman–Crippen LogP) is 3.19. The zero-order valence-corrected chi connectivity index (χ0v) is 15.6. The number of nitrogens with one attached hydrogen (secondary N) is 1. The van der Waals surface area contributed by atoms with E-state index in [1.807, 2.05) is 26.0 Å². The van der Waals surface area contributed by atoms with Crippen molar-refractivity contribution in [1.82, 2.24) is 10.1 Å². The van der Waals surface area contributed by atoms with Gasteiger partial charge in [-0.2, -0.15) is 0 Å². The van der Waals surface area contributed by atoms with Crippen molar-refractivity contribution >= 4 is 39.3 Å². The van der Waals surface area contributed by atoms with Crippen molar-refractivity contribution in [3.8, 4) is 0 Å². The minimum absolute atomic E-state index is 0.0856. The predicted molar refractivity (Wildman–Crippen MR) is 98.3 cm³/mol. The Morgan fingerprint density at radius 1 is 1.23 bits per heavy atom. The number of nitrogens with zero attached hydrogens (tertiary/aromatic N) is 2. The molecule has 2 aromatic heterocycles. The Balaban J connectivity index is 1.65. The van der Waals surface area contributed by atoms with Crippen molar-refractivity contribution in [3.05, 3.63) is 40.0 Å². The number of benzene rings is 1. The Morgan fingerprint density at radius 3 is 2.77 bits per heavy atom. The van der Waals surface area contributed by atoms with Crippen LogP contribution in [0.1, 0.15) is 29.4 Å². The summed E-state index contributed by atoms with van der Waals surface area (Å²) in [4.78, 5) is 28.0. The lowest BCUT2D eigenvalue weighted by molar-refractivity contribution is -0.142. The number of hydrogen-bond donors (Lipinski definition) is 1. The number of carbonyl (C=O) groups is 2. The van der Waals surface area contributed by atoms with E-state index in [4.69, 9.17) is 9.26 Å². The van der Waals surface area contributed by atoms with Gasteiger partial charge >= 0.3 is 5.97 Å². The molecule has 0 spiro atoms. The molecule has 3 rings (SSSR count). The molecule has 0 unspecified atom stereocenters. The molecule has 0 atom stereocenters. The second-order valence-corrected chi connectivity index (χ2v) is 6.77. The van der Waals surface area contributed by atoms with Gasteiger partial charge in [0, 0.05) is 10.8 Å².